The van der Waals surface area contributed by atoms with Gasteiger partial charge in [0.1, 0.15) is 5.75 Å². The molecule has 6 heteroatoms. The third-order valence-electron chi connectivity index (χ3n) is 6.50. The van der Waals surface area contributed by atoms with E-state index < -0.39 is 0 Å². The smallest absolute Gasteiger partial charge is 0.270 e. The predicted molar refractivity (Wildman–Crippen MR) is 95.6 cm³/mol. The van der Waals surface area contributed by atoms with Gasteiger partial charge in [-0.25, -0.2) is 0 Å². The average Bonchev–Trinajstić information content (AvgIpc) is 2.58. The first kappa shape index (κ1) is 15.9. The van der Waals surface area contributed by atoms with Crippen LogP contribution < -0.4 is 4.74 Å². The number of benzene rings is 1. The number of fused-ring (bicyclic) bond motifs is 1. The van der Waals surface area contributed by atoms with E-state index in [0.29, 0.717) is 11.4 Å². The van der Waals surface area contributed by atoms with Gasteiger partial charge in [-0.2, -0.15) is 11.8 Å². The normalized spacial score (nSPS) is 35.3. The summed E-state index contributed by atoms with van der Waals surface area (Å²) in [6.07, 6.45) is 8.33. The lowest BCUT2D eigenvalue weighted by molar-refractivity contribution is -0.385. The van der Waals surface area contributed by atoms with Crippen LogP contribution in [0.3, 0.4) is 0 Å². The molecule has 0 spiro atoms. The van der Waals surface area contributed by atoms with Gasteiger partial charge in [-0.3, -0.25) is 10.1 Å². The van der Waals surface area contributed by atoms with Crippen LogP contribution in [0.25, 0.3) is 0 Å². The molecule has 5 nitrogen and oxygen atoms in total. The Morgan fingerprint density at radius 2 is 1.84 bits per heavy atom. The number of hydrogen-bond donors (Lipinski definition) is 0. The Morgan fingerprint density at radius 1 is 1.16 bits per heavy atom. The first-order valence-corrected chi connectivity index (χ1v) is 10.2. The van der Waals surface area contributed by atoms with Crippen LogP contribution in [-0.2, 0) is 17.1 Å². The Bertz CT molecular complexity index is 684. The molecule has 5 aliphatic rings. The molecule has 4 bridgehead atoms. The first-order valence-electron chi connectivity index (χ1n) is 9.25. The molecule has 0 saturated heterocycles. The lowest BCUT2D eigenvalue weighted by Crippen LogP contribution is -2.48. The standard InChI is InChI=1S/C19H23NO4S/c21-20(22)17-4-15-9-23-11-24-18(15)16(5-17)10-25-19-6-12-1-13(7-19)3-14(2-12)8-19/h4-5,12-14H,1-3,6-11H2. The summed E-state index contributed by atoms with van der Waals surface area (Å²) < 4.78 is 11.4. The highest BCUT2D eigenvalue weighted by molar-refractivity contribution is 7.99. The third kappa shape index (κ3) is 2.83. The number of ether oxygens (including phenoxy) is 2. The van der Waals surface area contributed by atoms with Crippen molar-refractivity contribution >= 4 is 17.4 Å². The summed E-state index contributed by atoms with van der Waals surface area (Å²) in [7, 11) is 0. The molecule has 1 aromatic carbocycles. The summed E-state index contributed by atoms with van der Waals surface area (Å²) in [6.45, 7) is 0.631. The van der Waals surface area contributed by atoms with Crippen molar-refractivity contribution in [1.82, 2.24) is 0 Å². The van der Waals surface area contributed by atoms with E-state index in [-0.39, 0.29) is 17.4 Å². The Morgan fingerprint density at radius 3 is 2.48 bits per heavy atom. The van der Waals surface area contributed by atoms with Gasteiger partial charge < -0.3 is 9.47 Å². The van der Waals surface area contributed by atoms with Crippen molar-refractivity contribution in [2.75, 3.05) is 6.79 Å². The number of nitro benzene ring substituents is 1. The van der Waals surface area contributed by atoms with E-state index in [0.717, 1.165) is 40.4 Å². The van der Waals surface area contributed by atoms with Gasteiger partial charge in [0.25, 0.3) is 5.69 Å². The molecule has 0 atom stereocenters. The highest BCUT2D eigenvalue weighted by Gasteiger charge is 2.51. The monoisotopic (exact) mass is 361 g/mol. The molecule has 1 aromatic rings. The highest BCUT2D eigenvalue weighted by atomic mass is 32.2. The second kappa shape index (κ2) is 5.88. The molecule has 0 amide bonds. The van der Waals surface area contributed by atoms with E-state index in [9.17, 15) is 10.1 Å². The summed E-state index contributed by atoms with van der Waals surface area (Å²) >= 11 is 2.04. The molecular formula is C19H23NO4S. The summed E-state index contributed by atoms with van der Waals surface area (Å²) in [4.78, 5) is 11.0. The molecule has 134 valence electrons. The van der Waals surface area contributed by atoms with Crippen LogP contribution >= 0.6 is 11.8 Å². The van der Waals surface area contributed by atoms with Crippen molar-refractivity contribution in [3.63, 3.8) is 0 Å². The van der Waals surface area contributed by atoms with E-state index in [1.807, 2.05) is 11.8 Å². The maximum Gasteiger partial charge on any atom is 0.270 e. The second-order valence-electron chi connectivity index (χ2n) is 8.35. The molecule has 1 aliphatic heterocycles. The van der Waals surface area contributed by atoms with Gasteiger partial charge in [-0.1, -0.05) is 0 Å². The van der Waals surface area contributed by atoms with Gasteiger partial charge in [0.05, 0.1) is 11.5 Å². The summed E-state index contributed by atoms with van der Waals surface area (Å²) in [6, 6.07) is 3.30. The number of hydrogen-bond acceptors (Lipinski definition) is 5. The van der Waals surface area contributed by atoms with E-state index in [2.05, 4.69) is 0 Å². The lowest BCUT2D eigenvalue weighted by Gasteiger charge is -2.56. The summed E-state index contributed by atoms with van der Waals surface area (Å²) in [5, 5.41) is 11.3. The van der Waals surface area contributed by atoms with Gasteiger partial charge in [0.15, 0.2) is 6.79 Å². The fourth-order valence-corrected chi connectivity index (χ4v) is 7.67. The van der Waals surface area contributed by atoms with Crippen molar-refractivity contribution < 1.29 is 14.4 Å². The molecule has 6 rings (SSSR count). The van der Waals surface area contributed by atoms with Gasteiger partial charge in [-0.15, -0.1) is 0 Å². The minimum absolute atomic E-state index is 0.147. The Labute approximate surface area is 151 Å². The largest absolute Gasteiger partial charge is 0.467 e. The van der Waals surface area contributed by atoms with E-state index in [1.54, 1.807) is 12.1 Å². The van der Waals surface area contributed by atoms with Crippen molar-refractivity contribution in [3.05, 3.63) is 33.4 Å². The van der Waals surface area contributed by atoms with E-state index >= 15 is 0 Å². The highest BCUT2D eigenvalue weighted by Crippen LogP contribution is 2.61. The van der Waals surface area contributed by atoms with Gasteiger partial charge in [0, 0.05) is 33.8 Å². The van der Waals surface area contributed by atoms with Gasteiger partial charge >= 0.3 is 0 Å². The van der Waals surface area contributed by atoms with Crippen LogP contribution in [0.5, 0.6) is 5.75 Å². The van der Waals surface area contributed by atoms with Crippen LogP contribution in [0.1, 0.15) is 49.7 Å². The summed E-state index contributed by atoms with van der Waals surface area (Å²) in [5.74, 6) is 4.37. The van der Waals surface area contributed by atoms with Gasteiger partial charge in [-0.05, 0) is 56.3 Å². The molecule has 0 radical (unpaired) electrons. The van der Waals surface area contributed by atoms with E-state index in [1.165, 1.54) is 38.5 Å². The average molecular weight is 361 g/mol. The fraction of sp³-hybridized carbons (Fsp3) is 0.684. The Hall–Kier alpha value is -1.27. The Kier molecular flexibility index (Phi) is 3.75. The second-order valence-corrected chi connectivity index (χ2v) is 9.79. The number of nitrogens with zero attached hydrogens (tertiary/aromatic N) is 1. The van der Waals surface area contributed by atoms with Crippen LogP contribution in [-0.4, -0.2) is 16.5 Å². The van der Waals surface area contributed by atoms with Crippen molar-refractivity contribution in [1.29, 1.82) is 0 Å². The predicted octanol–water partition coefficient (Wildman–Crippen LogP) is 4.66. The number of thioether (sulfide) groups is 1. The maximum absolute atomic E-state index is 11.3. The SMILES string of the molecule is O=[N+]([O-])c1cc2c(c(CSC34CC5CC(CC(C5)C3)C4)c1)OCOC2. The van der Waals surface area contributed by atoms with Crippen molar-refractivity contribution in [3.8, 4) is 5.75 Å². The molecule has 0 N–H and O–H groups in total. The first-order chi connectivity index (χ1) is 12.1. The zero-order valence-corrected chi connectivity index (χ0v) is 15.1. The maximum atomic E-state index is 11.3. The number of nitro groups is 1. The minimum atomic E-state index is -0.312. The zero-order valence-electron chi connectivity index (χ0n) is 14.2. The van der Waals surface area contributed by atoms with E-state index in [4.69, 9.17) is 9.47 Å². The quantitative estimate of drug-likeness (QED) is 0.576. The zero-order chi connectivity index (χ0) is 17.0. The summed E-state index contributed by atoms with van der Waals surface area (Å²) in [5.41, 5.74) is 1.92. The molecule has 1 heterocycles. The molecular weight excluding hydrogens is 338 g/mol. The van der Waals surface area contributed by atoms with Crippen molar-refractivity contribution in [2.45, 2.75) is 55.6 Å². The van der Waals surface area contributed by atoms with Crippen LogP contribution in [0, 0.1) is 27.9 Å². The fourth-order valence-electron chi connectivity index (χ4n) is 5.93. The number of non-ortho nitro benzene ring substituents is 1. The number of rotatable bonds is 4. The van der Waals surface area contributed by atoms with Crippen LogP contribution in [0.2, 0.25) is 0 Å². The van der Waals surface area contributed by atoms with Gasteiger partial charge in [0.2, 0.25) is 0 Å². The topological polar surface area (TPSA) is 61.6 Å². The molecule has 4 fully saturated rings. The lowest BCUT2D eigenvalue weighted by atomic mass is 9.56. The molecule has 4 saturated carbocycles. The molecule has 0 unspecified atom stereocenters. The minimum Gasteiger partial charge on any atom is -0.467 e. The molecule has 25 heavy (non-hydrogen) atoms. The third-order valence-corrected chi connectivity index (χ3v) is 8.07. The molecule has 0 aromatic heterocycles. The van der Waals surface area contributed by atoms with Crippen LogP contribution in [0.4, 0.5) is 5.69 Å². The van der Waals surface area contributed by atoms with Crippen molar-refractivity contribution in [2.24, 2.45) is 17.8 Å². The molecule has 4 aliphatic carbocycles. The van der Waals surface area contributed by atoms with Crippen LogP contribution in [0.15, 0.2) is 12.1 Å². The Balaban J connectivity index is 1.41.